The molecule has 1 aromatic carbocycles. The van der Waals surface area contributed by atoms with Gasteiger partial charge in [0.15, 0.2) is 0 Å². The van der Waals surface area contributed by atoms with Crippen LogP contribution in [0.3, 0.4) is 0 Å². The van der Waals surface area contributed by atoms with Crippen LogP contribution in [0.5, 0.6) is 0 Å². The summed E-state index contributed by atoms with van der Waals surface area (Å²) in [4.78, 5) is 3.87. The van der Waals surface area contributed by atoms with Crippen molar-refractivity contribution in [1.29, 1.82) is 5.26 Å². The Balaban J connectivity index is 2.26. The lowest BCUT2D eigenvalue weighted by Gasteiger charge is -2.02. The fraction of sp³-hybridized carbons (Fsp3) is 0.0714. The van der Waals surface area contributed by atoms with Gasteiger partial charge < -0.3 is 0 Å². The average Bonchev–Trinajstić information content (AvgIpc) is 2.49. The molecule has 0 fully saturated rings. The quantitative estimate of drug-likeness (QED) is 0.636. The lowest BCUT2D eigenvalue weighted by atomic mass is 10.2. The maximum absolute atomic E-state index is 11.9. The first-order chi connectivity index (χ1) is 10.0. The molecule has 0 aliphatic rings. The van der Waals surface area contributed by atoms with E-state index in [0.717, 1.165) is 5.56 Å². The lowest BCUT2D eigenvalue weighted by Crippen LogP contribution is -2.07. The summed E-state index contributed by atoms with van der Waals surface area (Å²) in [6.45, 7) is 1.84. The highest BCUT2D eigenvalue weighted by atomic mass is 32.2. The van der Waals surface area contributed by atoms with Gasteiger partial charge in [0.25, 0.3) is 0 Å². The van der Waals surface area contributed by atoms with Gasteiger partial charge in [0.05, 0.1) is 0 Å². The van der Waals surface area contributed by atoms with Crippen LogP contribution >= 0.6 is 0 Å². The van der Waals surface area contributed by atoms with Crippen molar-refractivity contribution in [2.45, 2.75) is 11.8 Å². The number of hydrogen-bond acceptors (Lipinski definition) is 6. The highest BCUT2D eigenvalue weighted by molar-refractivity contribution is 7.86. The molecule has 2 aromatic rings. The predicted molar refractivity (Wildman–Crippen MR) is 75.8 cm³/mol. The van der Waals surface area contributed by atoms with E-state index in [2.05, 4.69) is 14.4 Å². The molecule has 6 nitrogen and oxygen atoms in total. The number of oxime groups is 1. The molecule has 0 spiro atoms. The van der Waals surface area contributed by atoms with Crippen molar-refractivity contribution in [3.63, 3.8) is 0 Å². The monoisotopic (exact) mass is 301 g/mol. The molecule has 1 heterocycles. The SMILES string of the molecule is Cc1ccc(S(=O)(=O)ON=C(C#N)c2ccccn2)cc1. The fourth-order valence-corrected chi connectivity index (χ4v) is 2.19. The van der Waals surface area contributed by atoms with Gasteiger partial charge in [0.1, 0.15) is 16.7 Å². The maximum atomic E-state index is 11.9. The van der Waals surface area contributed by atoms with Crippen LogP contribution < -0.4 is 0 Å². The van der Waals surface area contributed by atoms with Crippen molar-refractivity contribution in [1.82, 2.24) is 4.98 Å². The summed E-state index contributed by atoms with van der Waals surface area (Å²) in [5.41, 5.74) is 0.939. The van der Waals surface area contributed by atoms with E-state index >= 15 is 0 Å². The summed E-state index contributed by atoms with van der Waals surface area (Å²) < 4.78 is 28.4. The molecule has 0 aliphatic carbocycles. The molecule has 106 valence electrons. The number of benzene rings is 1. The van der Waals surface area contributed by atoms with Crippen LogP contribution in [0.2, 0.25) is 0 Å². The van der Waals surface area contributed by atoms with Gasteiger partial charge in [0, 0.05) is 6.20 Å². The first kappa shape index (κ1) is 14.7. The van der Waals surface area contributed by atoms with Crippen LogP contribution in [0.15, 0.2) is 58.7 Å². The summed E-state index contributed by atoms with van der Waals surface area (Å²) in [7, 11) is -4.06. The third-order valence-corrected chi connectivity index (χ3v) is 3.67. The second-order valence-corrected chi connectivity index (χ2v) is 5.64. The van der Waals surface area contributed by atoms with Gasteiger partial charge in [-0.15, -0.1) is 0 Å². The number of pyridine rings is 1. The predicted octanol–water partition coefficient (Wildman–Crippen LogP) is 2.02. The number of aromatic nitrogens is 1. The number of nitriles is 1. The van der Waals surface area contributed by atoms with E-state index in [1.807, 2.05) is 6.92 Å². The Hall–Kier alpha value is -2.72. The van der Waals surface area contributed by atoms with Crippen LogP contribution in [0.25, 0.3) is 0 Å². The molecule has 0 amide bonds. The van der Waals surface area contributed by atoms with Crippen molar-refractivity contribution in [3.05, 3.63) is 59.9 Å². The first-order valence-corrected chi connectivity index (χ1v) is 7.33. The normalized spacial score (nSPS) is 11.7. The zero-order chi connectivity index (χ0) is 15.3. The zero-order valence-electron chi connectivity index (χ0n) is 11.1. The Bertz CT molecular complexity index is 792. The van der Waals surface area contributed by atoms with Gasteiger partial charge in [-0.25, -0.2) is 0 Å². The molecule has 2 rings (SSSR count). The molecule has 0 atom stereocenters. The van der Waals surface area contributed by atoms with Crippen LogP contribution in [0, 0.1) is 18.3 Å². The van der Waals surface area contributed by atoms with Gasteiger partial charge in [-0.3, -0.25) is 9.27 Å². The molecule has 0 radical (unpaired) electrons. The van der Waals surface area contributed by atoms with E-state index in [9.17, 15) is 8.42 Å². The van der Waals surface area contributed by atoms with Crippen LogP contribution in [-0.2, 0) is 14.4 Å². The second-order valence-electron chi connectivity index (χ2n) is 4.11. The van der Waals surface area contributed by atoms with E-state index < -0.39 is 10.1 Å². The first-order valence-electron chi connectivity index (χ1n) is 5.93. The van der Waals surface area contributed by atoms with Crippen molar-refractivity contribution >= 4 is 15.8 Å². The highest BCUT2D eigenvalue weighted by Crippen LogP contribution is 2.13. The Morgan fingerprint density at radius 2 is 1.95 bits per heavy atom. The molecule has 0 N–H and O–H groups in total. The number of hydrogen-bond donors (Lipinski definition) is 0. The van der Waals surface area contributed by atoms with E-state index in [4.69, 9.17) is 5.26 Å². The number of aryl methyl sites for hydroxylation is 1. The fourth-order valence-electron chi connectivity index (χ4n) is 1.46. The van der Waals surface area contributed by atoms with E-state index in [-0.39, 0.29) is 16.3 Å². The minimum Gasteiger partial charge on any atom is -0.263 e. The molecule has 0 bridgehead atoms. The van der Waals surface area contributed by atoms with Crippen LogP contribution in [0.4, 0.5) is 0 Å². The molecule has 0 aliphatic heterocycles. The molecule has 0 saturated carbocycles. The van der Waals surface area contributed by atoms with Crippen molar-refractivity contribution in [3.8, 4) is 6.07 Å². The Kier molecular flexibility index (Phi) is 4.30. The van der Waals surface area contributed by atoms with Crippen molar-refractivity contribution < 1.29 is 12.7 Å². The summed E-state index contributed by atoms with van der Waals surface area (Å²) >= 11 is 0. The Labute approximate surface area is 122 Å². The lowest BCUT2D eigenvalue weighted by molar-refractivity contribution is 0.339. The van der Waals surface area contributed by atoms with Crippen LogP contribution in [-0.4, -0.2) is 19.1 Å². The van der Waals surface area contributed by atoms with Gasteiger partial charge >= 0.3 is 10.1 Å². The largest absolute Gasteiger partial charge is 0.358 e. The number of nitrogens with zero attached hydrogens (tertiary/aromatic N) is 3. The van der Waals surface area contributed by atoms with Gasteiger partial charge in [-0.1, -0.05) is 28.9 Å². The highest BCUT2D eigenvalue weighted by Gasteiger charge is 2.16. The Morgan fingerprint density at radius 3 is 2.52 bits per heavy atom. The average molecular weight is 301 g/mol. The minimum absolute atomic E-state index is 0.0323. The smallest absolute Gasteiger partial charge is 0.263 e. The standard InChI is InChI=1S/C14H11N3O3S/c1-11-5-7-12(8-6-11)21(18,19)20-17-14(10-15)13-4-2-3-9-16-13/h2-9H,1H3. The van der Waals surface area contributed by atoms with Crippen LogP contribution in [0.1, 0.15) is 11.3 Å². The third kappa shape index (κ3) is 3.64. The summed E-state index contributed by atoms with van der Waals surface area (Å²) in [6, 6.07) is 12.7. The van der Waals surface area contributed by atoms with E-state index in [0.29, 0.717) is 0 Å². The molecule has 7 heteroatoms. The van der Waals surface area contributed by atoms with Crippen molar-refractivity contribution in [2.24, 2.45) is 5.16 Å². The molecular formula is C14H11N3O3S. The summed E-state index contributed by atoms with van der Waals surface area (Å²) in [6.07, 6.45) is 1.47. The number of rotatable bonds is 4. The van der Waals surface area contributed by atoms with E-state index in [1.54, 1.807) is 30.3 Å². The molecule has 0 saturated heterocycles. The molecule has 21 heavy (non-hydrogen) atoms. The summed E-state index contributed by atoms with van der Waals surface area (Å²) in [5, 5.41) is 12.4. The zero-order valence-corrected chi connectivity index (χ0v) is 11.9. The van der Waals surface area contributed by atoms with E-state index in [1.165, 1.54) is 24.4 Å². The van der Waals surface area contributed by atoms with Gasteiger partial charge in [0.2, 0.25) is 5.71 Å². The summed E-state index contributed by atoms with van der Waals surface area (Å²) in [5.74, 6) is 0. The second kappa shape index (κ2) is 6.15. The third-order valence-electron chi connectivity index (χ3n) is 2.55. The minimum atomic E-state index is -4.06. The molecular weight excluding hydrogens is 290 g/mol. The topological polar surface area (TPSA) is 92.4 Å². The van der Waals surface area contributed by atoms with Gasteiger partial charge in [-0.2, -0.15) is 13.7 Å². The molecule has 0 unspecified atom stereocenters. The Morgan fingerprint density at radius 1 is 1.24 bits per heavy atom. The van der Waals surface area contributed by atoms with Crippen molar-refractivity contribution in [2.75, 3.05) is 0 Å². The maximum Gasteiger partial charge on any atom is 0.358 e. The van der Waals surface area contributed by atoms with Gasteiger partial charge in [-0.05, 0) is 31.2 Å². The molecule has 1 aromatic heterocycles.